The maximum absolute atomic E-state index is 6.10. The van der Waals surface area contributed by atoms with Crippen molar-refractivity contribution in [2.75, 3.05) is 5.73 Å². The van der Waals surface area contributed by atoms with Crippen molar-refractivity contribution in [3.8, 4) is 0 Å². The zero-order chi connectivity index (χ0) is 10.8. The van der Waals surface area contributed by atoms with Crippen LogP contribution in [0.1, 0.15) is 16.5 Å². The first-order valence-corrected chi connectivity index (χ1v) is 6.04. The molecule has 2 rings (SSSR count). The first-order chi connectivity index (χ1) is 7.18. The van der Waals surface area contributed by atoms with E-state index in [1.54, 1.807) is 29.8 Å². The molecule has 0 fully saturated rings. The molecule has 0 amide bonds. The van der Waals surface area contributed by atoms with Crippen molar-refractivity contribution in [1.82, 2.24) is 4.98 Å². The van der Waals surface area contributed by atoms with Crippen LogP contribution in [0.25, 0.3) is 0 Å². The number of aromatic nitrogens is 1. The van der Waals surface area contributed by atoms with Crippen molar-refractivity contribution in [1.29, 1.82) is 0 Å². The third kappa shape index (κ3) is 2.19. The molecule has 3 nitrogen and oxygen atoms in total. The normalized spacial score (nSPS) is 12.7. The van der Waals surface area contributed by atoms with Gasteiger partial charge in [-0.05, 0) is 28.1 Å². The molecule has 0 saturated carbocycles. The predicted molar refractivity (Wildman–Crippen MR) is 66.7 cm³/mol. The van der Waals surface area contributed by atoms with Gasteiger partial charge in [-0.2, -0.15) is 0 Å². The molecule has 1 unspecified atom stereocenters. The van der Waals surface area contributed by atoms with Gasteiger partial charge < -0.3 is 11.5 Å². The largest absolute Gasteiger partial charge is 0.398 e. The van der Waals surface area contributed by atoms with E-state index in [1.807, 2.05) is 11.4 Å². The number of rotatable bonds is 2. The fraction of sp³-hybridized carbons (Fsp3) is 0.100. The number of anilines is 1. The Morgan fingerprint density at radius 3 is 2.87 bits per heavy atom. The minimum absolute atomic E-state index is 0.199. The summed E-state index contributed by atoms with van der Waals surface area (Å²) in [6.45, 7) is 0. The lowest BCUT2D eigenvalue weighted by Gasteiger charge is -2.11. The molecule has 0 bridgehead atoms. The number of thiophene rings is 1. The zero-order valence-electron chi connectivity index (χ0n) is 7.85. The maximum atomic E-state index is 6.10. The van der Waals surface area contributed by atoms with Crippen LogP contribution in [0.3, 0.4) is 0 Å². The van der Waals surface area contributed by atoms with Crippen LogP contribution in [0.2, 0.25) is 0 Å². The Labute approximate surface area is 100 Å². The van der Waals surface area contributed by atoms with Gasteiger partial charge in [0, 0.05) is 38.4 Å². The van der Waals surface area contributed by atoms with Crippen molar-refractivity contribution < 1.29 is 0 Å². The molecule has 4 N–H and O–H groups in total. The lowest BCUT2D eigenvalue weighted by Crippen LogP contribution is -2.12. The van der Waals surface area contributed by atoms with Crippen LogP contribution in [0, 0.1) is 0 Å². The molecule has 0 aliphatic heterocycles. The molecule has 0 spiro atoms. The van der Waals surface area contributed by atoms with Gasteiger partial charge in [0.2, 0.25) is 0 Å². The Kier molecular flexibility index (Phi) is 3.04. The fourth-order valence-electron chi connectivity index (χ4n) is 1.32. The lowest BCUT2D eigenvalue weighted by molar-refractivity contribution is 0.887. The van der Waals surface area contributed by atoms with Crippen LogP contribution in [0.5, 0.6) is 0 Å². The second-order valence-corrected chi connectivity index (χ2v) is 5.01. The van der Waals surface area contributed by atoms with Crippen LogP contribution < -0.4 is 11.5 Å². The number of hydrogen-bond donors (Lipinski definition) is 2. The van der Waals surface area contributed by atoms with E-state index in [2.05, 4.69) is 20.9 Å². The van der Waals surface area contributed by atoms with Gasteiger partial charge in [-0.15, -0.1) is 11.3 Å². The zero-order valence-corrected chi connectivity index (χ0v) is 10.3. The average molecular weight is 284 g/mol. The SMILES string of the molecule is Nc1ccncc1C(N)c1cc(Br)cs1. The molecule has 0 saturated heterocycles. The molecule has 0 aliphatic rings. The smallest absolute Gasteiger partial charge is 0.0682 e. The second-order valence-electron chi connectivity index (χ2n) is 3.15. The van der Waals surface area contributed by atoms with E-state index in [0.29, 0.717) is 5.69 Å². The van der Waals surface area contributed by atoms with Crippen molar-refractivity contribution in [3.05, 3.63) is 44.8 Å². The molecule has 2 heterocycles. The molecule has 15 heavy (non-hydrogen) atoms. The highest BCUT2D eigenvalue weighted by Gasteiger charge is 2.13. The minimum Gasteiger partial charge on any atom is -0.398 e. The number of nitrogen functional groups attached to an aromatic ring is 1. The summed E-state index contributed by atoms with van der Waals surface area (Å²) in [7, 11) is 0. The molecule has 5 heteroatoms. The van der Waals surface area contributed by atoms with Gasteiger partial charge in [-0.1, -0.05) is 0 Å². The highest BCUT2D eigenvalue weighted by molar-refractivity contribution is 9.10. The molecular formula is C10H10BrN3S. The summed E-state index contributed by atoms with van der Waals surface area (Å²) in [6.07, 6.45) is 3.38. The molecule has 0 aromatic carbocycles. The van der Waals surface area contributed by atoms with Crippen molar-refractivity contribution in [3.63, 3.8) is 0 Å². The molecule has 2 aromatic heterocycles. The van der Waals surface area contributed by atoms with Gasteiger partial charge in [-0.25, -0.2) is 0 Å². The molecule has 2 aromatic rings. The Bertz CT molecular complexity index is 469. The average Bonchev–Trinajstić information content (AvgIpc) is 2.65. The Balaban J connectivity index is 2.36. The van der Waals surface area contributed by atoms with Crippen LogP contribution in [0.15, 0.2) is 34.4 Å². The molecular weight excluding hydrogens is 274 g/mol. The second kappa shape index (κ2) is 4.30. The van der Waals surface area contributed by atoms with E-state index in [0.717, 1.165) is 14.9 Å². The minimum atomic E-state index is -0.199. The molecule has 0 aliphatic carbocycles. The van der Waals surface area contributed by atoms with E-state index < -0.39 is 0 Å². The van der Waals surface area contributed by atoms with Crippen molar-refractivity contribution in [2.45, 2.75) is 6.04 Å². The molecule has 78 valence electrons. The number of halogens is 1. The van der Waals surface area contributed by atoms with E-state index in [4.69, 9.17) is 11.5 Å². The van der Waals surface area contributed by atoms with Gasteiger partial charge in [0.15, 0.2) is 0 Å². The Morgan fingerprint density at radius 2 is 2.27 bits per heavy atom. The highest BCUT2D eigenvalue weighted by Crippen LogP contribution is 2.30. The summed E-state index contributed by atoms with van der Waals surface area (Å²) in [4.78, 5) is 5.10. The van der Waals surface area contributed by atoms with E-state index >= 15 is 0 Å². The first-order valence-electron chi connectivity index (χ1n) is 4.37. The quantitative estimate of drug-likeness (QED) is 0.890. The van der Waals surface area contributed by atoms with Gasteiger partial charge in [0.1, 0.15) is 0 Å². The van der Waals surface area contributed by atoms with E-state index in [-0.39, 0.29) is 6.04 Å². The Hall–Kier alpha value is -0.910. The van der Waals surface area contributed by atoms with Gasteiger partial charge >= 0.3 is 0 Å². The molecule has 0 radical (unpaired) electrons. The first kappa shape index (κ1) is 10.6. The van der Waals surface area contributed by atoms with Gasteiger partial charge in [-0.3, -0.25) is 4.98 Å². The van der Waals surface area contributed by atoms with Crippen LogP contribution in [-0.4, -0.2) is 4.98 Å². The maximum Gasteiger partial charge on any atom is 0.0682 e. The van der Waals surface area contributed by atoms with Crippen molar-refractivity contribution in [2.24, 2.45) is 5.73 Å². The number of hydrogen-bond acceptors (Lipinski definition) is 4. The van der Waals surface area contributed by atoms with Gasteiger partial charge in [0.05, 0.1) is 6.04 Å². The third-order valence-corrected chi connectivity index (χ3v) is 3.89. The Morgan fingerprint density at radius 1 is 1.47 bits per heavy atom. The van der Waals surface area contributed by atoms with E-state index in [1.165, 1.54) is 0 Å². The van der Waals surface area contributed by atoms with Crippen molar-refractivity contribution >= 4 is 33.0 Å². The van der Waals surface area contributed by atoms with Gasteiger partial charge in [0.25, 0.3) is 0 Å². The summed E-state index contributed by atoms with van der Waals surface area (Å²) >= 11 is 5.01. The van der Waals surface area contributed by atoms with Crippen LogP contribution in [0.4, 0.5) is 5.69 Å². The highest BCUT2D eigenvalue weighted by atomic mass is 79.9. The summed E-state index contributed by atoms with van der Waals surface area (Å²) in [5, 5.41) is 2.00. The lowest BCUT2D eigenvalue weighted by atomic mass is 10.1. The summed E-state index contributed by atoms with van der Waals surface area (Å²) in [5.74, 6) is 0. The fourth-order valence-corrected chi connectivity index (χ4v) is 2.79. The number of pyridine rings is 1. The summed E-state index contributed by atoms with van der Waals surface area (Å²) < 4.78 is 1.04. The molecule has 1 atom stereocenters. The van der Waals surface area contributed by atoms with E-state index in [9.17, 15) is 0 Å². The monoisotopic (exact) mass is 283 g/mol. The van der Waals surface area contributed by atoms with Crippen LogP contribution in [-0.2, 0) is 0 Å². The predicted octanol–water partition coefficient (Wildman–Crippen LogP) is 2.54. The standard InChI is InChI=1S/C10H10BrN3S/c11-6-3-9(15-5-6)10(13)7-4-14-2-1-8(7)12/h1-5,10H,13H2,(H2,12,14). The number of nitrogens with two attached hydrogens (primary N) is 2. The topological polar surface area (TPSA) is 64.9 Å². The summed E-state index contributed by atoms with van der Waals surface area (Å²) in [6, 6.07) is 3.56. The summed E-state index contributed by atoms with van der Waals surface area (Å²) in [5.41, 5.74) is 13.5. The number of nitrogens with zero attached hydrogens (tertiary/aromatic N) is 1. The third-order valence-electron chi connectivity index (χ3n) is 2.12. The van der Waals surface area contributed by atoms with Crippen LogP contribution >= 0.6 is 27.3 Å².